The quantitative estimate of drug-likeness (QED) is 0.286. The maximum Gasteiger partial charge on any atom is 0.206 e. The van der Waals surface area contributed by atoms with Gasteiger partial charge in [0.15, 0.2) is 11.7 Å². The molecule has 8 heteroatoms. The van der Waals surface area contributed by atoms with Gasteiger partial charge in [-0.2, -0.15) is 16.8 Å². The molecule has 0 radical (unpaired) electrons. The standard InChI is InChI=1S/C8Cl2F2N4/c1-14-16-8-4(10)5(11)7(15-2-13)3(9)6(8)12/b15-7-,16-8-. The molecule has 1 aliphatic rings. The van der Waals surface area contributed by atoms with Gasteiger partial charge in [0.1, 0.15) is 15.8 Å². The number of halogens is 4. The molecule has 1 aliphatic carbocycles. The molecule has 0 saturated heterocycles. The van der Waals surface area contributed by atoms with Gasteiger partial charge >= 0.3 is 0 Å². The van der Waals surface area contributed by atoms with Crippen molar-refractivity contribution in [1.29, 1.82) is 5.26 Å². The lowest BCUT2D eigenvalue weighted by molar-refractivity contribution is 0.658. The van der Waals surface area contributed by atoms with E-state index in [-0.39, 0.29) is 0 Å². The summed E-state index contributed by atoms with van der Waals surface area (Å²) in [6.07, 6.45) is 1.26. The first-order valence-corrected chi connectivity index (χ1v) is 4.33. The summed E-state index contributed by atoms with van der Waals surface area (Å²) in [4.78, 5) is 5.50. The number of aliphatic imine (C=N–C) groups is 1. The Hall–Kier alpha value is -1.76. The van der Waals surface area contributed by atoms with Gasteiger partial charge in [-0.05, 0) is 0 Å². The second-order valence-corrected chi connectivity index (χ2v) is 3.12. The van der Waals surface area contributed by atoms with Crippen molar-refractivity contribution >= 4 is 34.6 Å². The molecule has 0 saturated carbocycles. The van der Waals surface area contributed by atoms with Crippen LogP contribution < -0.4 is 0 Å². The molecule has 0 amide bonds. The molecule has 0 atom stereocenters. The summed E-state index contributed by atoms with van der Waals surface area (Å²) < 4.78 is 26.8. The molecule has 1 rings (SSSR count). The van der Waals surface area contributed by atoms with E-state index in [9.17, 15) is 8.78 Å². The van der Waals surface area contributed by atoms with Crippen LogP contribution in [-0.2, 0) is 0 Å². The molecule has 0 fully saturated rings. The van der Waals surface area contributed by atoms with Crippen LogP contribution in [0.1, 0.15) is 0 Å². The van der Waals surface area contributed by atoms with Gasteiger partial charge in [0, 0.05) is 0 Å². The van der Waals surface area contributed by atoms with Gasteiger partial charge in [0.05, 0.1) is 5.10 Å². The first kappa shape index (κ1) is 12.3. The van der Waals surface area contributed by atoms with E-state index in [1.54, 1.807) is 0 Å². The number of hydrogen-bond donors (Lipinski definition) is 0. The van der Waals surface area contributed by atoms with Crippen LogP contribution in [0.4, 0.5) is 8.78 Å². The van der Waals surface area contributed by atoms with E-state index in [1.807, 2.05) is 0 Å². The Bertz CT molecular complexity index is 467. The third-order valence-electron chi connectivity index (χ3n) is 1.53. The van der Waals surface area contributed by atoms with Crippen molar-refractivity contribution in [2.75, 3.05) is 0 Å². The monoisotopic (exact) mass is 260 g/mol. The highest BCUT2D eigenvalue weighted by atomic mass is 35.5. The van der Waals surface area contributed by atoms with Crippen LogP contribution in [0.5, 0.6) is 0 Å². The van der Waals surface area contributed by atoms with Crippen LogP contribution in [-0.4, -0.2) is 11.4 Å². The molecule has 0 aromatic heterocycles. The Labute approximate surface area is 98.6 Å². The van der Waals surface area contributed by atoms with Gasteiger partial charge in [-0.1, -0.05) is 23.2 Å². The fraction of sp³-hybridized carbons (Fsp3) is 0. The van der Waals surface area contributed by atoms with Crippen LogP contribution in [0, 0.1) is 18.0 Å². The normalized spacial score (nSPS) is 21.4. The summed E-state index contributed by atoms with van der Waals surface area (Å²) in [5.41, 5.74) is -1.42. The summed E-state index contributed by atoms with van der Waals surface area (Å²) in [5, 5.41) is 9.72. The molecule has 0 aliphatic heterocycles. The lowest BCUT2D eigenvalue weighted by Crippen LogP contribution is -2.16. The topological polar surface area (TPSA) is 52.9 Å². The highest BCUT2D eigenvalue weighted by Crippen LogP contribution is 2.32. The number of rotatable bonds is 0. The first-order chi connectivity index (χ1) is 7.54. The average molecular weight is 261 g/mol. The highest BCUT2D eigenvalue weighted by Gasteiger charge is 2.33. The zero-order valence-electron chi connectivity index (χ0n) is 7.30. The van der Waals surface area contributed by atoms with Gasteiger partial charge in [0.25, 0.3) is 0 Å². The zero-order valence-corrected chi connectivity index (χ0v) is 8.81. The minimum Gasteiger partial charge on any atom is -0.203 e. The van der Waals surface area contributed by atoms with Crippen molar-refractivity contribution in [3.05, 3.63) is 33.2 Å². The minimum absolute atomic E-state index is 0.712. The molecule has 4 nitrogen and oxygen atoms in total. The van der Waals surface area contributed by atoms with E-state index in [2.05, 4.69) is 15.0 Å². The van der Waals surface area contributed by atoms with Gasteiger partial charge < -0.3 is 0 Å². The maximum atomic E-state index is 13.4. The second kappa shape index (κ2) is 4.84. The van der Waals surface area contributed by atoms with Crippen LogP contribution in [0.15, 0.2) is 31.8 Å². The van der Waals surface area contributed by atoms with E-state index in [0.717, 1.165) is 0 Å². The Kier molecular flexibility index (Phi) is 3.73. The van der Waals surface area contributed by atoms with Crippen LogP contribution in [0.3, 0.4) is 0 Å². The molecular formula is C8Cl2F2N4. The van der Waals surface area contributed by atoms with E-state index in [4.69, 9.17) is 35.0 Å². The molecule has 0 spiro atoms. The Morgan fingerprint density at radius 2 is 1.69 bits per heavy atom. The van der Waals surface area contributed by atoms with Gasteiger partial charge in [-0.15, -0.1) is 4.95 Å². The fourth-order valence-electron chi connectivity index (χ4n) is 0.894. The number of allylic oxidation sites excluding steroid dienone is 4. The summed E-state index contributed by atoms with van der Waals surface area (Å²) in [7, 11) is 0. The van der Waals surface area contributed by atoms with Crippen molar-refractivity contribution in [2.45, 2.75) is 0 Å². The fourth-order valence-corrected chi connectivity index (χ4v) is 1.32. The number of nitriles is 1. The Morgan fingerprint density at radius 1 is 1.19 bits per heavy atom. The van der Waals surface area contributed by atoms with Crippen molar-refractivity contribution in [1.82, 2.24) is 0 Å². The molecule has 0 unspecified atom stereocenters. The number of hydrogen-bond acceptors (Lipinski definition) is 3. The van der Waals surface area contributed by atoms with E-state index in [1.165, 1.54) is 6.19 Å². The Morgan fingerprint density at radius 3 is 2.19 bits per heavy atom. The molecule has 0 aromatic carbocycles. The molecule has 0 heterocycles. The highest BCUT2D eigenvalue weighted by molar-refractivity contribution is 6.56. The van der Waals surface area contributed by atoms with E-state index >= 15 is 0 Å². The van der Waals surface area contributed by atoms with Crippen molar-refractivity contribution < 1.29 is 8.78 Å². The van der Waals surface area contributed by atoms with Crippen molar-refractivity contribution in [2.24, 2.45) is 10.1 Å². The maximum absolute atomic E-state index is 13.4. The largest absolute Gasteiger partial charge is 0.206 e. The second-order valence-electron chi connectivity index (χ2n) is 2.36. The van der Waals surface area contributed by atoms with Crippen molar-refractivity contribution in [3.63, 3.8) is 0 Å². The summed E-state index contributed by atoms with van der Waals surface area (Å²) >= 11 is 10.8. The van der Waals surface area contributed by atoms with E-state index in [0.29, 0.717) is 0 Å². The molecule has 0 N–H and O–H groups in total. The van der Waals surface area contributed by atoms with E-state index < -0.39 is 33.1 Å². The summed E-state index contributed by atoms with van der Waals surface area (Å²) in [6.45, 7) is 6.40. The first-order valence-electron chi connectivity index (χ1n) is 3.57. The van der Waals surface area contributed by atoms with Gasteiger partial charge in [-0.25, -0.2) is 8.78 Å². The molecule has 0 bridgehead atoms. The summed E-state index contributed by atoms with van der Waals surface area (Å²) in [5.74, 6) is -2.39. The molecular weight excluding hydrogens is 261 g/mol. The summed E-state index contributed by atoms with van der Waals surface area (Å²) in [6, 6.07) is 0. The van der Waals surface area contributed by atoms with Gasteiger partial charge in [-0.3, -0.25) is 0 Å². The average Bonchev–Trinajstić information content (AvgIpc) is 2.28. The Balaban J connectivity index is 3.52. The minimum atomic E-state index is -1.20. The van der Waals surface area contributed by atoms with Crippen molar-refractivity contribution in [3.8, 4) is 6.19 Å². The van der Waals surface area contributed by atoms with Gasteiger partial charge in [0.2, 0.25) is 11.9 Å². The number of nitrogens with zero attached hydrogens (tertiary/aromatic N) is 4. The molecule has 80 valence electrons. The smallest absolute Gasteiger partial charge is 0.203 e. The lowest BCUT2D eigenvalue weighted by Gasteiger charge is -2.10. The third kappa shape index (κ3) is 1.94. The predicted molar refractivity (Wildman–Crippen MR) is 55.1 cm³/mol. The van der Waals surface area contributed by atoms with Crippen LogP contribution in [0.2, 0.25) is 0 Å². The lowest BCUT2D eigenvalue weighted by atomic mass is 10.1. The zero-order chi connectivity index (χ0) is 12.3. The van der Waals surface area contributed by atoms with Crippen LogP contribution in [0.25, 0.3) is 4.95 Å². The SMILES string of the molecule is [C-]#[N+]/N=C1C(F)=C(Cl)/C(=N/C#N)C(F)=C\1Cl. The third-order valence-corrected chi connectivity index (χ3v) is 2.22. The molecule has 16 heavy (non-hydrogen) atoms. The molecule has 0 aromatic rings. The predicted octanol–water partition coefficient (Wildman–Crippen LogP) is 3.04. The van der Waals surface area contributed by atoms with Crippen LogP contribution >= 0.6 is 23.2 Å².